The van der Waals surface area contributed by atoms with Crippen LogP contribution in [0.15, 0.2) is 54.7 Å². The number of benzene rings is 2. The van der Waals surface area contributed by atoms with E-state index in [2.05, 4.69) is 10.1 Å². The van der Waals surface area contributed by atoms with E-state index in [9.17, 15) is 0 Å². The molecule has 0 saturated heterocycles. The van der Waals surface area contributed by atoms with E-state index in [0.29, 0.717) is 11.5 Å². The molecule has 0 aliphatic rings. The summed E-state index contributed by atoms with van der Waals surface area (Å²) in [5, 5.41) is 6.31. The maximum Gasteiger partial charge on any atom is 0.150 e. The highest BCUT2D eigenvalue weighted by atomic mass is 15.3. The second-order valence-corrected chi connectivity index (χ2v) is 4.89. The summed E-state index contributed by atoms with van der Waals surface area (Å²) >= 11 is 0. The van der Waals surface area contributed by atoms with Crippen LogP contribution in [-0.4, -0.2) is 14.8 Å². The molecule has 0 unspecified atom stereocenters. The largest absolute Gasteiger partial charge is 0.394 e. The van der Waals surface area contributed by atoms with Gasteiger partial charge in [0, 0.05) is 10.8 Å². The molecule has 0 radical (unpaired) electrons. The van der Waals surface area contributed by atoms with Crippen molar-refractivity contribution in [1.29, 1.82) is 0 Å². The molecule has 102 valence electrons. The molecule has 0 fully saturated rings. The van der Waals surface area contributed by atoms with Crippen LogP contribution in [0.1, 0.15) is 0 Å². The van der Waals surface area contributed by atoms with Gasteiger partial charge in [0.15, 0.2) is 5.82 Å². The zero-order valence-electron chi connectivity index (χ0n) is 11.2. The summed E-state index contributed by atoms with van der Waals surface area (Å²) in [6.45, 7) is 0. The van der Waals surface area contributed by atoms with Gasteiger partial charge in [0.1, 0.15) is 0 Å². The molecule has 0 bridgehead atoms. The quantitative estimate of drug-likeness (QED) is 0.523. The summed E-state index contributed by atoms with van der Waals surface area (Å²) in [7, 11) is 0. The van der Waals surface area contributed by atoms with E-state index in [-0.39, 0.29) is 0 Å². The molecule has 5 heteroatoms. The lowest BCUT2D eigenvalue weighted by atomic mass is 10.1. The summed E-state index contributed by atoms with van der Waals surface area (Å²) < 4.78 is 1.68. The van der Waals surface area contributed by atoms with Crippen LogP contribution in [0, 0.1) is 0 Å². The maximum absolute atomic E-state index is 6.07. The van der Waals surface area contributed by atoms with Crippen molar-refractivity contribution < 1.29 is 0 Å². The van der Waals surface area contributed by atoms with Gasteiger partial charge in [-0.2, -0.15) is 5.10 Å². The SMILES string of the molecule is Nc1cnn(-c2c3ccccc3nc3ccccc23)c1N. The summed E-state index contributed by atoms with van der Waals surface area (Å²) in [6.07, 6.45) is 1.57. The minimum Gasteiger partial charge on any atom is -0.394 e. The Morgan fingerprint density at radius 1 is 0.810 bits per heavy atom. The van der Waals surface area contributed by atoms with Crippen molar-refractivity contribution in [2.45, 2.75) is 0 Å². The predicted molar refractivity (Wildman–Crippen MR) is 85.2 cm³/mol. The second-order valence-electron chi connectivity index (χ2n) is 4.89. The van der Waals surface area contributed by atoms with Gasteiger partial charge in [-0.05, 0) is 12.1 Å². The fourth-order valence-corrected chi connectivity index (χ4v) is 2.59. The third kappa shape index (κ3) is 1.64. The lowest BCUT2D eigenvalue weighted by Crippen LogP contribution is -2.05. The highest BCUT2D eigenvalue weighted by Crippen LogP contribution is 2.31. The van der Waals surface area contributed by atoms with Crippen LogP contribution >= 0.6 is 0 Å². The van der Waals surface area contributed by atoms with E-state index in [1.807, 2.05) is 48.5 Å². The Kier molecular flexibility index (Phi) is 2.35. The Morgan fingerprint density at radius 2 is 1.38 bits per heavy atom. The zero-order chi connectivity index (χ0) is 14.4. The van der Waals surface area contributed by atoms with Crippen LogP contribution < -0.4 is 11.5 Å². The number of nitrogens with zero attached hydrogens (tertiary/aromatic N) is 3. The molecule has 0 atom stereocenters. The van der Waals surface area contributed by atoms with E-state index >= 15 is 0 Å². The number of rotatable bonds is 1. The fourth-order valence-electron chi connectivity index (χ4n) is 2.59. The number of fused-ring (bicyclic) bond motifs is 2. The Morgan fingerprint density at radius 3 is 1.90 bits per heavy atom. The lowest BCUT2D eigenvalue weighted by Gasteiger charge is -2.12. The summed E-state index contributed by atoms with van der Waals surface area (Å²) in [6, 6.07) is 15.9. The average molecular weight is 275 g/mol. The number of para-hydroxylation sites is 2. The second kappa shape index (κ2) is 4.21. The Bertz CT molecular complexity index is 917. The minimum atomic E-state index is 0.441. The number of nitrogens with two attached hydrogens (primary N) is 2. The van der Waals surface area contributed by atoms with Gasteiger partial charge in [-0.25, -0.2) is 9.67 Å². The number of anilines is 2. The molecular formula is C16H13N5. The first-order valence-corrected chi connectivity index (χ1v) is 6.62. The lowest BCUT2D eigenvalue weighted by molar-refractivity contribution is 0.904. The average Bonchev–Trinajstić information content (AvgIpc) is 2.84. The van der Waals surface area contributed by atoms with Gasteiger partial charge in [-0.1, -0.05) is 36.4 Å². The Labute approximate surface area is 120 Å². The van der Waals surface area contributed by atoms with Gasteiger partial charge >= 0.3 is 0 Å². The molecule has 0 aliphatic carbocycles. The maximum atomic E-state index is 6.07. The van der Waals surface area contributed by atoms with Crippen molar-refractivity contribution in [3.63, 3.8) is 0 Å². The first-order valence-electron chi connectivity index (χ1n) is 6.62. The number of nitrogen functional groups attached to an aromatic ring is 2. The first-order chi connectivity index (χ1) is 10.3. The third-order valence-electron chi connectivity index (χ3n) is 3.61. The molecule has 2 aromatic heterocycles. The van der Waals surface area contributed by atoms with Crippen molar-refractivity contribution in [3.8, 4) is 5.69 Å². The third-order valence-corrected chi connectivity index (χ3v) is 3.61. The molecule has 4 aromatic rings. The van der Waals surface area contributed by atoms with Crippen molar-refractivity contribution in [2.75, 3.05) is 11.5 Å². The van der Waals surface area contributed by atoms with Crippen LogP contribution in [0.2, 0.25) is 0 Å². The standard InChI is InChI=1S/C16H13N5/c17-12-9-19-21(16(12)18)15-10-5-1-3-7-13(10)20-14-8-4-2-6-11(14)15/h1-9H,17-18H2. The van der Waals surface area contributed by atoms with Gasteiger partial charge in [0.2, 0.25) is 0 Å². The summed E-state index contributed by atoms with van der Waals surface area (Å²) in [5.41, 5.74) is 15.1. The van der Waals surface area contributed by atoms with Gasteiger partial charge in [0.25, 0.3) is 0 Å². The van der Waals surface area contributed by atoms with Gasteiger partial charge in [0.05, 0.1) is 28.6 Å². The number of hydrogen-bond donors (Lipinski definition) is 2. The van der Waals surface area contributed by atoms with Gasteiger partial charge in [-0.3, -0.25) is 0 Å². The normalized spacial score (nSPS) is 11.2. The van der Waals surface area contributed by atoms with Crippen molar-refractivity contribution in [3.05, 3.63) is 54.7 Å². The van der Waals surface area contributed by atoms with Crippen LogP contribution in [0.4, 0.5) is 11.5 Å². The molecule has 0 spiro atoms. The Hall–Kier alpha value is -3.08. The minimum absolute atomic E-state index is 0.441. The molecule has 2 aromatic carbocycles. The summed E-state index contributed by atoms with van der Waals surface area (Å²) in [4.78, 5) is 4.69. The van der Waals surface area contributed by atoms with Gasteiger partial charge < -0.3 is 11.5 Å². The number of pyridine rings is 1. The molecular weight excluding hydrogens is 262 g/mol. The molecule has 0 saturated carbocycles. The summed E-state index contributed by atoms with van der Waals surface area (Å²) in [5.74, 6) is 0.441. The van der Waals surface area contributed by atoms with Crippen LogP contribution in [0.3, 0.4) is 0 Å². The van der Waals surface area contributed by atoms with Crippen LogP contribution in [0.25, 0.3) is 27.5 Å². The first kappa shape index (κ1) is 11.7. The van der Waals surface area contributed by atoms with Gasteiger partial charge in [-0.15, -0.1) is 0 Å². The molecule has 4 rings (SSSR count). The molecule has 0 amide bonds. The van der Waals surface area contributed by atoms with Crippen molar-refractivity contribution >= 4 is 33.3 Å². The molecule has 21 heavy (non-hydrogen) atoms. The highest BCUT2D eigenvalue weighted by Gasteiger charge is 2.14. The molecule has 2 heterocycles. The molecule has 4 N–H and O–H groups in total. The van der Waals surface area contributed by atoms with E-state index in [0.717, 1.165) is 27.5 Å². The zero-order valence-corrected chi connectivity index (χ0v) is 11.2. The molecule has 5 nitrogen and oxygen atoms in total. The van der Waals surface area contributed by atoms with Crippen LogP contribution in [-0.2, 0) is 0 Å². The number of hydrogen-bond acceptors (Lipinski definition) is 4. The van der Waals surface area contributed by atoms with E-state index in [4.69, 9.17) is 11.5 Å². The van der Waals surface area contributed by atoms with Crippen molar-refractivity contribution in [2.24, 2.45) is 0 Å². The Balaban J connectivity index is 2.24. The van der Waals surface area contributed by atoms with Crippen molar-refractivity contribution in [1.82, 2.24) is 14.8 Å². The van der Waals surface area contributed by atoms with Crippen LogP contribution in [0.5, 0.6) is 0 Å². The predicted octanol–water partition coefficient (Wildman–Crippen LogP) is 2.74. The number of aromatic nitrogens is 3. The van der Waals surface area contributed by atoms with E-state index in [1.54, 1.807) is 10.9 Å². The van der Waals surface area contributed by atoms with E-state index < -0.39 is 0 Å². The monoisotopic (exact) mass is 275 g/mol. The topological polar surface area (TPSA) is 82.8 Å². The van der Waals surface area contributed by atoms with E-state index in [1.165, 1.54) is 0 Å². The smallest absolute Gasteiger partial charge is 0.150 e. The molecule has 0 aliphatic heterocycles. The fraction of sp³-hybridized carbons (Fsp3) is 0. The highest BCUT2D eigenvalue weighted by molar-refractivity contribution is 6.03.